The highest BCUT2D eigenvalue weighted by atomic mass is 79.9. The van der Waals surface area contributed by atoms with Crippen LogP contribution in [0.15, 0.2) is 34.1 Å². The topological polar surface area (TPSA) is 12.0 Å². The maximum absolute atomic E-state index is 3.54. The van der Waals surface area contributed by atoms with Crippen molar-refractivity contribution < 1.29 is 0 Å². The first kappa shape index (κ1) is 11.7. The third kappa shape index (κ3) is 2.66. The minimum absolute atomic E-state index is 0.902. The molecule has 0 saturated carbocycles. The van der Waals surface area contributed by atoms with Crippen LogP contribution in [0.25, 0.3) is 0 Å². The quantitative estimate of drug-likeness (QED) is 0.862. The zero-order chi connectivity index (χ0) is 11.5. The van der Waals surface area contributed by atoms with Gasteiger partial charge < -0.3 is 5.32 Å². The van der Waals surface area contributed by atoms with E-state index in [-0.39, 0.29) is 0 Å². The van der Waals surface area contributed by atoms with E-state index in [4.69, 9.17) is 0 Å². The Kier molecular flexibility index (Phi) is 3.66. The van der Waals surface area contributed by atoms with E-state index in [9.17, 15) is 0 Å². The lowest BCUT2D eigenvalue weighted by atomic mass is 10.2. The van der Waals surface area contributed by atoms with Gasteiger partial charge in [-0.1, -0.05) is 22.0 Å². The predicted molar refractivity (Wildman–Crippen MR) is 75.3 cm³/mol. The normalized spacial score (nSPS) is 10.4. The second kappa shape index (κ2) is 5.02. The number of benzene rings is 1. The Balaban J connectivity index is 2.05. The summed E-state index contributed by atoms with van der Waals surface area (Å²) in [6, 6.07) is 8.52. The van der Waals surface area contributed by atoms with Crippen LogP contribution < -0.4 is 5.32 Å². The van der Waals surface area contributed by atoms with Crippen LogP contribution in [0.4, 0.5) is 5.69 Å². The fourth-order valence-corrected chi connectivity index (χ4v) is 2.70. The molecule has 1 heterocycles. The molecular weight excluding hydrogens is 282 g/mol. The average molecular weight is 296 g/mol. The molecule has 0 aliphatic rings. The summed E-state index contributed by atoms with van der Waals surface area (Å²) < 4.78 is 1.15. The summed E-state index contributed by atoms with van der Waals surface area (Å²) in [6.45, 7) is 5.15. The Bertz CT molecular complexity index is 490. The van der Waals surface area contributed by atoms with E-state index in [1.54, 1.807) is 11.3 Å². The van der Waals surface area contributed by atoms with Crippen molar-refractivity contribution in [3.8, 4) is 0 Å². The molecule has 3 heteroatoms. The lowest BCUT2D eigenvalue weighted by Crippen LogP contribution is -1.98. The van der Waals surface area contributed by atoms with E-state index < -0.39 is 0 Å². The summed E-state index contributed by atoms with van der Waals surface area (Å²) in [5.41, 5.74) is 3.78. The molecule has 16 heavy (non-hydrogen) atoms. The number of hydrogen-bond acceptors (Lipinski definition) is 2. The molecule has 0 aliphatic carbocycles. The molecule has 0 bridgehead atoms. The maximum Gasteiger partial charge on any atom is 0.0496 e. The molecule has 0 spiro atoms. The predicted octanol–water partition coefficient (Wildman–Crippen LogP) is 4.74. The second-order valence-corrected chi connectivity index (χ2v) is 5.70. The van der Waals surface area contributed by atoms with E-state index in [1.807, 2.05) is 0 Å². The van der Waals surface area contributed by atoms with Gasteiger partial charge in [0.05, 0.1) is 0 Å². The van der Waals surface area contributed by atoms with Crippen LogP contribution in [0.1, 0.15) is 16.0 Å². The van der Waals surface area contributed by atoms with Crippen LogP contribution in [0.5, 0.6) is 0 Å². The first-order valence-corrected chi connectivity index (χ1v) is 6.87. The van der Waals surface area contributed by atoms with Gasteiger partial charge in [-0.25, -0.2) is 0 Å². The largest absolute Gasteiger partial charge is 0.380 e. The van der Waals surface area contributed by atoms with E-state index in [2.05, 4.69) is 64.7 Å². The van der Waals surface area contributed by atoms with Crippen LogP contribution in [0, 0.1) is 13.8 Å². The van der Waals surface area contributed by atoms with Gasteiger partial charge in [-0.3, -0.25) is 0 Å². The molecule has 1 N–H and O–H groups in total. The molecule has 0 radical (unpaired) electrons. The third-order valence-electron chi connectivity index (χ3n) is 2.59. The van der Waals surface area contributed by atoms with Gasteiger partial charge >= 0.3 is 0 Å². The van der Waals surface area contributed by atoms with Crippen molar-refractivity contribution >= 4 is 33.0 Å². The average Bonchev–Trinajstić information content (AvgIpc) is 2.66. The van der Waals surface area contributed by atoms with Crippen molar-refractivity contribution in [3.05, 3.63) is 50.1 Å². The molecule has 0 saturated heterocycles. The van der Waals surface area contributed by atoms with Crippen molar-refractivity contribution in [2.24, 2.45) is 0 Å². The molecule has 2 rings (SSSR count). The van der Waals surface area contributed by atoms with Gasteiger partial charge in [0.15, 0.2) is 0 Å². The number of aryl methyl sites for hydroxylation is 2. The Labute approximate surface area is 109 Å². The molecule has 1 aromatic heterocycles. The number of rotatable bonds is 3. The minimum atomic E-state index is 0.902. The Morgan fingerprint density at radius 2 is 2.00 bits per heavy atom. The summed E-state index contributed by atoms with van der Waals surface area (Å²) in [5, 5.41) is 5.57. The molecule has 0 aliphatic heterocycles. The first-order valence-electron chi connectivity index (χ1n) is 5.20. The first-order chi connectivity index (χ1) is 7.66. The van der Waals surface area contributed by atoms with Gasteiger partial charge in [0.2, 0.25) is 0 Å². The molecule has 1 aromatic carbocycles. The van der Waals surface area contributed by atoms with E-state index >= 15 is 0 Å². The van der Waals surface area contributed by atoms with Crippen molar-refractivity contribution in [1.82, 2.24) is 0 Å². The molecule has 0 unspecified atom stereocenters. The smallest absolute Gasteiger partial charge is 0.0496 e. The fourth-order valence-electron chi connectivity index (χ4n) is 1.47. The molecule has 1 nitrogen and oxygen atoms in total. The Morgan fingerprint density at radius 1 is 1.19 bits per heavy atom. The van der Waals surface area contributed by atoms with Crippen molar-refractivity contribution in [2.45, 2.75) is 20.4 Å². The van der Waals surface area contributed by atoms with Crippen LogP contribution in [-0.2, 0) is 6.54 Å². The molecule has 2 aromatic rings. The van der Waals surface area contributed by atoms with Crippen molar-refractivity contribution in [3.63, 3.8) is 0 Å². The summed E-state index contributed by atoms with van der Waals surface area (Å²) in [4.78, 5) is 1.40. The van der Waals surface area contributed by atoms with Gasteiger partial charge in [0, 0.05) is 21.6 Å². The second-order valence-electron chi connectivity index (χ2n) is 3.84. The number of halogens is 1. The summed E-state index contributed by atoms with van der Waals surface area (Å²) >= 11 is 5.34. The highest BCUT2D eigenvalue weighted by Crippen LogP contribution is 2.22. The van der Waals surface area contributed by atoms with E-state index in [1.165, 1.54) is 16.0 Å². The third-order valence-corrected chi connectivity index (χ3v) is 4.47. The van der Waals surface area contributed by atoms with Gasteiger partial charge in [0.25, 0.3) is 0 Å². The lowest BCUT2D eigenvalue weighted by Gasteiger charge is -2.07. The molecule has 0 fully saturated rings. The summed E-state index contributed by atoms with van der Waals surface area (Å²) in [7, 11) is 0. The molecule has 84 valence electrons. The highest BCUT2D eigenvalue weighted by molar-refractivity contribution is 9.10. The van der Waals surface area contributed by atoms with Crippen molar-refractivity contribution in [2.75, 3.05) is 5.32 Å². The molecule has 0 atom stereocenters. The number of anilines is 1. The Morgan fingerprint density at radius 3 is 2.62 bits per heavy atom. The zero-order valence-corrected chi connectivity index (χ0v) is 11.8. The number of hydrogen-bond donors (Lipinski definition) is 1. The fraction of sp³-hybridized carbons (Fsp3) is 0.231. The van der Waals surface area contributed by atoms with Crippen LogP contribution in [0.2, 0.25) is 0 Å². The standard InChI is InChI=1S/C13H14BrNS/c1-9-3-4-11(7-12(9)14)15-8-13-10(2)5-6-16-13/h3-7,15H,8H2,1-2H3. The lowest BCUT2D eigenvalue weighted by molar-refractivity contribution is 1.16. The zero-order valence-electron chi connectivity index (χ0n) is 9.38. The minimum Gasteiger partial charge on any atom is -0.380 e. The van der Waals surface area contributed by atoms with E-state index in [0.717, 1.165) is 16.7 Å². The Hall–Kier alpha value is -0.800. The number of thiophene rings is 1. The molecule has 0 amide bonds. The van der Waals surface area contributed by atoms with Crippen LogP contribution in [0.3, 0.4) is 0 Å². The van der Waals surface area contributed by atoms with Gasteiger partial charge in [-0.15, -0.1) is 11.3 Å². The summed E-state index contributed by atoms with van der Waals surface area (Å²) in [6.07, 6.45) is 0. The van der Waals surface area contributed by atoms with Crippen LogP contribution >= 0.6 is 27.3 Å². The van der Waals surface area contributed by atoms with Gasteiger partial charge in [-0.05, 0) is 48.6 Å². The van der Waals surface area contributed by atoms with Gasteiger partial charge in [0.1, 0.15) is 0 Å². The van der Waals surface area contributed by atoms with E-state index in [0.29, 0.717) is 0 Å². The maximum atomic E-state index is 3.54. The summed E-state index contributed by atoms with van der Waals surface area (Å²) in [5.74, 6) is 0. The molecular formula is C13H14BrNS. The van der Waals surface area contributed by atoms with Crippen molar-refractivity contribution in [1.29, 1.82) is 0 Å². The highest BCUT2D eigenvalue weighted by Gasteiger charge is 2.00. The van der Waals surface area contributed by atoms with Gasteiger partial charge in [-0.2, -0.15) is 0 Å². The number of nitrogens with one attached hydrogen (secondary N) is 1. The van der Waals surface area contributed by atoms with Crippen LogP contribution in [-0.4, -0.2) is 0 Å². The monoisotopic (exact) mass is 295 g/mol. The SMILES string of the molecule is Cc1ccc(NCc2sccc2C)cc1Br.